The lowest BCUT2D eigenvalue weighted by Gasteiger charge is -2.52. The molecule has 30 heavy (non-hydrogen) atoms. The van der Waals surface area contributed by atoms with Crippen LogP contribution >= 0.6 is 0 Å². The Labute approximate surface area is 183 Å². The van der Waals surface area contributed by atoms with Crippen LogP contribution in [-0.4, -0.2) is 27.2 Å². The Kier molecular flexibility index (Phi) is 6.83. The number of benzene rings is 1. The molecule has 3 atom stereocenters. The number of hydrogen-bond donors (Lipinski definition) is 0. The van der Waals surface area contributed by atoms with E-state index in [0.717, 1.165) is 25.7 Å². The number of esters is 1. The molecule has 0 unspecified atom stereocenters. The number of carbonyl (C=O) groups excluding carboxylic acids is 1. The normalized spacial score (nSPS) is 27.7. The summed E-state index contributed by atoms with van der Waals surface area (Å²) >= 11 is 0. The first kappa shape index (κ1) is 23.1. The lowest BCUT2D eigenvalue weighted by Crippen LogP contribution is -2.57. The molecule has 0 bridgehead atoms. The molecule has 0 saturated heterocycles. The number of fused-ring (bicyclic) bond motifs is 1. The Morgan fingerprint density at radius 3 is 2.40 bits per heavy atom. The Balaban J connectivity index is 2.13. The predicted molar refractivity (Wildman–Crippen MR) is 123 cm³/mol. The SMILES string of the molecule is COC(=O)C1=C[C@@H](c2ccccc2)[C@@H]2CCCCCC[C@@]2(O[Si](C)(C)C(C)(C)C)O1. The molecule has 0 N–H and O–H groups in total. The van der Waals surface area contributed by atoms with Gasteiger partial charge in [-0.1, -0.05) is 70.4 Å². The van der Waals surface area contributed by atoms with Crippen LogP contribution in [0.4, 0.5) is 0 Å². The highest BCUT2D eigenvalue weighted by molar-refractivity contribution is 6.74. The van der Waals surface area contributed by atoms with Gasteiger partial charge in [-0.2, -0.15) is 0 Å². The van der Waals surface area contributed by atoms with E-state index in [9.17, 15) is 4.79 Å². The molecular weight excluding hydrogens is 392 g/mol. The van der Waals surface area contributed by atoms with E-state index in [0.29, 0.717) is 5.76 Å². The van der Waals surface area contributed by atoms with E-state index >= 15 is 0 Å². The van der Waals surface area contributed by atoms with Crippen LogP contribution in [0.25, 0.3) is 0 Å². The van der Waals surface area contributed by atoms with Crippen molar-refractivity contribution in [3.05, 3.63) is 47.7 Å². The third-order valence-electron chi connectivity index (χ3n) is 7.21. The van der Waals surface area contributed by atoms with Crippen LogP contribution in [-0.2, 0) is 18.7 Å². The van der Waals surface area contributed by atoms with Gasteiger partial charge in [0.1, 0.15) is 0 Å². The maximum Gasteiger partial charge on any atom is 0.373 e. The third kappa shape index (κ3) is 4.67. The summed E-state index contributed by atoms with van der Waals surface area (Å²) in [6, 6.07) is 10.5. The molecule has 1 aromatic carbocycles. The molecule has 1 saturated carbocycles. The van der Waals surface area contributed by atoms with Crippen molar-refractivity contribution in [1.29, 1.82) is 0 Å². The van der Waals surface area contributed by atoms with Gasteiger partial charge in [0.25, 0.3) is 0 Å². The summed E-state index contributed by atoms with van der Waals surface area (Å²) in [6.07, 6.45) is 8.41. The van der Waals surface area contributed by atoms with Crippen molar-refractivity contribution in [2.24, 2.45) is 5.92 Å². The summed E-state index contributed by atoms with van der Waals surface area (Å²) in [6.45, 7) is 11.3. The van der Waals surface area contributed by atoms with E-state index in [-0.39, 0.29) is 16.9 Å². The van der Waals surface area contributed by atoms with Crippen LogP contribution in [0, 0.1) is 5.92 Å². The van der Waals surface area contributed by atoms with Crippen LogP contribution in [0.15, 0.2) is 42.2 Å². The second-order valence-electron chi connectivity index (χ2n) is 10.3. The molecule has 2 aliphatic rings. The minimum absolute atomic E-state index is 0.0485. The van der Waals surface area contributed by atoms with Gasteiger partial charge in [-0.25, -0.2) is 4.79 Å². The van der Waals surface area contributed by atoms with E-state index in [1.54, 1.807) is 0 Å². The van der Waals surface area contributed by atoms with Gasteiger partial charge in [0.05, 0.1) is 7.11 Å². The van der Waals surface area contributed by atoms with Gasteiger partial charge < -0.3 is 13.9 Å². The summed E-state index contributed by atoms with van der Waals surface area (Å²) < 4.78 is 18.7. The first-order valence-corrected chi connectivity index (χ1v) is 14.2. The fraction of sp³-hybridized carbons (Fsp3) is 0.640. The zero-order chi connectivity index (χ0) is 22.0. The molecular formula is C25H38O4Si. The van der Waals surface area contributed by atoms with E-state index in [4.69, 9.17) is 13.9 Å². The highest BCUT2D eigenvalue weighted by Gasteiger charge is 2.55. The van der Waals surface area contributed by atoms with Gasteiger partial charge in [0.15, 0.2) is 8.32 Å². The standard InChI is InChI=1S/C25H38O4Si/c1-24(2,3)30(5,6)29-25-17-13-8-7-12-16-21(25)20(19-14-10-9-11-15-19)18-22(28-25)23(26)27-4/h9-11,14-15,18,20-21H,7-8,12-13,16-17H2,1-6H3/t20-,21-,25-/m0/s1. The maximum atomic E-state index is 12.6. The average Bonchev–Trinajstić information content (AvgIpc) is 2.68. The number of carbonyl (C=O) groups is 1. The van der Waals surface area contributed by atoms with Gasteiger partial charge in [0, 0.05) is 18.3 Å². The summed E-state index contributed by atoms with van der Waals surface area (Å²) in [4.78, 5) is 12.6. The van der Waals surface area contributed by atoms with Crippen molar-refractivity contribution < 1.29 is 18.7 Å². The molecule has 0 aromatic heterocycles. The molecule has 1 aliphatic heterocycles. The Hall–Kier alpha value is -1.59. The van der Waals surface area contributed by atoms with Gasteiger partial charge in [-0.3, -0.25) is 0 Å². The third-order valence-corrected chi connectivity index (χ3v) is 11.7. The highest BCUT2D eigenvalue weighted by atomic mass is 28.4. The molecule has 4 nitrogen and oxygen atoms in total. The van der Waals surface area contributed by atoms with Crippen molar-refractivity contribution in [3.8, 4) is 0 Å². The molecule has 1 aliphatic carbocycles. The molecule has 0 radical (unpaired) electrons. The number of allylic oxidation sites excluding steroid dienone is 1. The Morgan fingerprint density at radius 2 is 1.77 bits per heavy atom. The Morgan fingerprint density at radius 1 is 1.10 bits per heavy atom. The maximum absolute atomic E-state index is 12.6. The second-order valence-corrected chi connectivity index (χ2v) is 15.0. The van der Waals surface area contributed by atoms with Gasteiger partial charge in [-0.05, 0) is 42.6 Å². The van der Waals surface area contributed by atoms with E-state index in [2.05, 4.69) is 58.1 Å². The molecule has 166 valence electrons. The van der Waals surface area contributed by atoms with E-state index in [1.807, 2.05) is 12.1 Å². The Bertz CT molecular complexity index is 765. The van der Waals surface area contributed by atoms with Crippen molar-refractivity contribution in [1.82, 2.24) is 0 Å². The fourth-order valence-electron chi connectivity index (χ4n) is 4.52. The number of methoxy groups -OCH3 is 1. The lowest BCUT2D eigenvalue weighted by atomic mass is 9.73. The quantitative estimate of drug-likeness (QED) is 0.401. The highest BCUT2D eigenvalue weighted by Crippen LogP contribution is 2.52. The summed E-state index contributed by atoms with van der Waals surface area (Å²) in [5, 5.41) is 0.0485. The number of rotatable bonds is 4. The van der Waals surface area contributed by atoms with E-state index < -0.39 is 20.1 Å². The first-order valence-electron chi connectivity index (χ1n) is 11.3. The van der Waals surface area contributed by atoms with Gasteiger partial charge in [-0.15, -0.1) is 0 Å². The molecule has 1 aromatic rings. The van der Waals surface area contributed by atoms with Gasteiger partial charge >= 0.3 is 5.97 Å². The van der Waals surface area contributed by atoms with Crippen molar-refractivity contribution in [3.63, 3.8) is 0 Å². The fourth-order valence-corrected chi connectivity index (χ4v) is 5.99. The zero-order valence-electron chi connectivity index (χ0n) is 19.5. The van der Waals surface area contributed by atoms with Gasteiger partial charge in [0.2, 0.25) is 11.5 Å². The minimum atomic E-state index is -2.16. The van der Waals surface area contributed by atoms with Crippen molar-refractivity contribution >= 4 is 14.3 Å². The summed E-state index contributed by atoms with van der Waals surface area (Å²) in [5.74, 6) is -0.682. The molecule has 0 spiro atoms. The predicted octanol–water partition coefficient (Wildman–Crippen LogP) is 6.55. The van der Waals surface area contributed by atoms with E-state index in [1.165, 1.54) is 25.5 Å². The monoisotopic (exact) mass is 430 g/mol. The van der Waals surface area contributed by atoms with Crippen LogP contribution in [0.5, 0.6) is 0 Å². The molecule has 3 rings (SSSR count). The van der Waals surface area contributed by atoms with Crippen molar-refractivity contribution in [2.75, 3.05) is 7.11 Å². The second kappa shape index (κ2) is 8.87. The lowest BCUT2D eigenvalue weighted by molar-refractivity contribution is -0.226. The van der Waals surface area contributed by atoms with Crippen LogP contribution in [0.3, 0.4) is 0 Å². The van der Waals surface area contributed by atoms with Crippen LogP contribution in [0.2, 0.25) is 18.1 Å². The largest absolute Gasteiger partial charge is 0.463 e. The van der Waals surface area contributed by atoms with Crippen LogP contribution < -0.4 is 0 Å². The molecule has 5 heteroatoms. The van der Waals surface area contributed by atoms with Crippen LogP contribution in [0.1, 0.15) is 70.8 Å². The minimum Gasteiger partial charge on any atom is -0.463 e. The molecule has 1 fully saturated rings. The molecule has 1 heterocycles. The summed E-state index contributed by atoms with van der Waals surface area (Å²) in [5.41, 5.74) is 1.20. The van der Waals surface area contributed by atoms with Crippen molar-refractivity contribution in [2.45, 2.75) is 89.1 Å². The molecule has 0 amide bonds. The summed E-state index contributed by atoms with van der Waals surface area (Å²) in [7, 11) is -0.746. The number of ether oxygens (including phenoxy) is 2. The topological polar surface area (TPSA) is 44.8 Å². The number of hydrogen-bond acceptors (Lipinski definition) is 4. The smallest absolute Gasteiger partial charge is 0.373 e. The average molecular weight is 431 g/mol. The zero-order valence-corrected chi connectivity index (χ0v) is 20.5. The first-order chi connectivity index (χ1) is 14.1.